The Morgan fingerprint density at radius 2 is 2.04 bits per heavy atom. The highest BCUT2D eigenvalue weighted by molar-refractivity contribution is 6.33. The fourth-order valence-corrected chi connectivity index (χ4v) is 1.70. The van der Waals surface area contributed by atoms with Gasteiger partial charge in [0.05, 0.1) is 0 Å². The maximum absolute atomic E-state index is 13.6. The summed E-state index contributed by atoms with van der Waals surface area (Å²) in [6.07, 6.45) is -7.22. The van der Waals surface area contributed by atoms with Crippen molar-refractivity contribution in [1.29, 1.82) is 0 Å². The van der Waals surface area contributed by atoms with Crippen LogP contribution >= 0.6 is 11.6 Å². The van der Waals surface area contributed by atoms with Crippen LogP contribution in [0.4, 0.5) is 26.3 Å². The Hall–Kier alpha value is -1.69. The van der Waals surface area contributed by atoms with Crippen LogP contribution in [0, 0.1) is 0 Å². The lowest BCUT2D eigenvalue weighted by Crippen LogP contribution is -2.51. The molecule has 0 aromatic carbocycles. The second-order valence-corrected chi connectivity index (χ2v) is 5.38. The normalized spacial score (nSPS) is 20.8. The SMILES string of the molecule is CNN=C(NN(C)C1CC=C(F)C(O[C@@H](C)C(F)(F)F)=N1)C(F)(F)Cl. The molecule has 1 aliphatic rings. The molecular weight excluding hydrogens is 380 g/mol. The van der Waals surface area contributed by atoms with Gasteiger partial charge in [-0.15, -0.1) is 0 Å². The average Bonchev–Trinajstić information content (AvgIpc) is 2.46. The predicted molar refractivity (Wildman–Crippen MR) is 79.8 cm³/mol. The number of aliphatic imine (C=N–C) groups is 1. The molecule has 1 heterocycles. The third-order valence-corrected chi connectivity index (χ3v) is 3.13. The highest BCUT2D eigenvalue weighted by atomic mass is 35.5. The zero-order valence-corrected chi connectivity index (χ0v) is 14.1. The molecule has 25 heavy (non-hydrogen) atoms. The van der Waals surface area contributed by atoms with Gasteiger partial charge in [-0.25, -0.2) is 14.4 Å². The number of nitrogens with one attached hydrogen (secondary N) is 2. The van der Waals surface area contributed by atoms with Crippen molar-refractivity contribution in [2.45, 2.75) is 37.2 Å². The summed E-state index contributed by atoms with van der Waals surface area (Å²) in [6, 6.07) is 0. The summed E-state index contributed by atoms with van der Waals surface area (Å²) in [4.78, 5) is 3.66. The number of hydrazone groups is 1. The molecule has 144 valence electrons. The van der Waals surface area contributed by atoms with Crippen LogP contribution in [0.1, 0.15) is 13.3 Å². The lowest BCUT2D eigenvalue weighted by molar-refractivity contribution is -0.193. The number of nitrogens with zero attached hydrogens (tertiary/aromatic N) is 3. The van der Waals surface area contributed by atoms with Gasteiger partial charge in [0.2, 0.25) is 11.7 Å². The first-order valence-electron chi connectivity index (χ1n) is 6.84. The van der Waals surface area contributed by atoms with Crippen LogP contribution in [-0.4, -0.2) is 54.7 Å². The van der Waals surface area contributed by atoms with Crippen molar-refractivity contribution in [1.82, 2.24) is 15.9 Å². The second kappa shape index (κ2) is 8.13. The maximum Gasteiger partial charge on any atom is 0.425 e. The molecule has 0 saturated heterocycles. The molecule has 0 fully saturated rings. The van der Waals surface area contributed by atoms with E-state index in [1.807, 2.05) is 0 Å². The number of halogens is 7. The second-order valence-electron chi connectivity index (χ2n) is 4.91. The standard InChI is InChI=1S/C12H16ClF6N5O/c1-6(12(17,18)19)25-9-7(14)4-5-8(21-9)24(3)23-10(22-20-2)11(13,15)16/h4,6,8,20H,5H2,1-3H3,(H,22,23)/t6-,8?/m0/s1. The van der Waals surface area contributed by atoms with Crippen molar-refractivity contribution in [2.24, 2.45) is 10.1 Å². The van der Waals surface area contributed by atoms with Gasteiger partial charge in [-0.1, -0.05) is 0 Å². The molecule has 1 rings (SSSR count). The van der Waals surface area contributed by atoms with Crippen molar-refractivity contribution in [2.75, 3.05) is 14.1 Å². The molecule has 0 radical (unpaired) electrons. The molecular formula is C12H16ClF6N5O. The highest BCUT2D eigenvalue weighted by Crippen LogP contribution is 2.26. The third kappa shape index (κ3) is 6.27. The Kier molecular flexibility index (Phi) is 6.94. The molecule has 0 bridgehead atoms. The van der Waals surface area contributed by atoms with E-state index in [0.29, 0.717) is 6.92 Å². The largest absolute Gasteiger partial charge is 0.463 e. The Morgan fingerprint density at radius 1 is 1.44 bits per heavy atom. The van der Waals surface area contributed by atoms with E-state index in [4.69, 9.17) is 11.6 Å². The summed E-state index contributed by atoms with van der Waals surface area (Å²) < 4.78 is 82.0. The van der Waals surface area contributed by atoms with Gasteiger partial charge in [-0.3, -0.25) is 5.43 Å². The molecule has 13 heteroatoms. The van der Waals surface area contributed by atoms with E-state index < -0.39 is 41.4 Å². The molecule has 0 aliphatic carbocycles. The number of hydrogen-bond donors (Lipinski definition) is 2. The summed E-state index contributed by atoms with van der Waals surface area (Å²) in [5, 5.41) is 0.396. The first kappa shape index (κ1) is 21.4. The first-order valence-corrected chi connectivity index (χ1v) is 7.22. The molecule has 2 atom stereocenters. The van der Waals surface area contributed by atoms with E-state index >= 15 is 0 Å². The predicted octanol–water partition coefficient (Wildman–Crippen LogP) is 2.74. The molecule has 0 aromatic rings. The Bertz CT molecular complexity index is 559. The van der Waals surface area contributed by atoms with Gasteiger partial charge in [0.25, 0.3) is 0 Å². The number of hydrazine groups is 1. The minimum atomic E-state index is -4.72. The minimum Gasteiger partial charge on any atom is -0.463 e. The highest BCUT2D eigenvalue weighted by Gasteiger charge is 2.40. The maximum atomic E-state index is 13.6. The zero-order chi connectivity index (χ0) is 19.4. The number of ether oxygens (including phenoxy) is 1. The Labute approximate surface area is 144 Å². The molecule has 6 nitrogen and oxygen atoms in total. The quantitative estimate of drug-likeness (QED) is 0.247. The number of rotatable bonds is 5. The van der Waals surface area contributed by atoms with Crippen molar-refractivity contribution >= 4 is 23.3 Å². The van der Waals surface area contributed by atoms with Crippen molar-refractivity contribution in [3.05, 3.63) is 11.9 Å². The average molecular weight is 396 g/mol. The smallest absolute Gasteiger partial charge is 0.425 e. The Balaban J connectivity index is 2.89. The van der Waals surface area contributed by atoms with Crippen LogP contribution in [0.25, 0.3) is 0 Å². The van der Waals surface area contributed by atoms with E-state index in [0.717, 1.165) is 11.1 Å². The van der Waals surface area contributed by atoms with Crippen molar-refractivity contribution < 1.29 is 31.1 Å². The molecule has 0 aromatic heterocycles. The summed E-state index contributed by atoms with van der Waals surface area (Å²) >= 11 is 4.88. The van der Waals surface area contributed by atoms with E-state index in [1.165, 1.54) is 14.1 Å². The zero-order valence-electron chi connectivity index (χ0n) is 13.3. The summed E-state index contributed by atoms with van der Waals surface area (Å²) in [5.74, 6) is -2.93. The van der Waals surface area contributed by atoms with Gasteiger partial charge >= 0.3 is 11.6 Å². The van der Waals surface area contributed by atoms with E-state index in [9.17, 15) is 26.3 Å². The van der Waals surface area contributed by atoms with Gasteiger partial charge in [-0.2, -0.15) is 27.1 Å². The molecule has 2 N–H and O–H groups in total. The van der Waals surface area contributed by atoms with Crippen LogP contribution in [0.5, 0.6) is 0 Å². The van der Waals surface area contributed by atoms with Crippen LogP contribution in [0.15, 0.2) is 22.0 Å². The topological polar surface area (TPSA) is 61.2 Å². The van der Waals surface area contributed by atoms with Crippen LogP contribution < -0.4 is 10.9 Å². The summed E-state index contributed by atoms with van der Waals surface area (Å²) in [7, 11) is 2.51. The number of alkyl halides is 6. The number of amidine groups is 1. The van der Waals surface area contributed by atoms with E-state index in [1.54, 1.807) is 0 Å². The fraction of sp³-hybridized carbons (Fsp3) is 0.667. The van der Waals surface area contributed by atoms with Gasteiger partial charge in [0, 0.05) is 20.5 Å². The molecule has 1 unspecified atom stereocenters. The van der Waals surface area contributed by atoms with Crippen molar-refractivity contribution in [3.63, 3.8) is 0 Å². The summed E-state index contributed by atoms with van der Waals surface area (Å²) in [6.45, 7) is 0.688. The molecule has 0 spiro atoms. The van der Waals surface area contributed by atoms with Crippen LogP contribution in [0.3, 0.4) is 0 Å². The van der Waals surface area contributed by atoms with Gasteiger partial charge in [-0.05, 0) is 24.6 Å². The molecule has 0 saturated carbocycles. The molecule has 1 aliphatic heterocycles. The lowest BCUT2D eigenvalue weighted by atomic mass is 10.2. The van der Waals surface area contributed by atoms with Gasteiger partial charge < -0.3 is 10.2 Å². The van der Waals surface area contributed by atoms with Gasteiger partial charge in [0.1, 0.15) is 6.17 Å². The van der Waals surface area contributed by atoms with E-state index in [2.05, 4.69) is 25.7 Å². The number of dihydropyridines is 1. The van der Waals surface area contributed by atoms with E-state index in [-0.39, 0.29) is 6.42 Å². The number of hydrogen-bond acceptors (Lipinski definition) is 5. The fourth-order valence-electron chi connectivity index (χ4n) is 1.62. The lowest BCUT2D eigenvalue weighted by Gasteiger charge is -2.29. The molecule has 0 amide bonds. The third-order valence-electron chi connectivity index (χ3n) is 2.95. The first-order chi connectivity index (χ1) is 11.4. The van der Waals surface area contributed by atoms with Gasteiger partial charge in [0.15, 0.2) is 11.9 Å². The van der Waals surface area contributed by atoms with Crippen molar-refractivity contribution in [3.8, 4) is 0 Å². The summed E-state index contributed by atoms with van der Waals surface area (Å²) in [5.41, 5.74) is 4.27. The minimum absolute atomic E-state index is 0.108. The Morgan fingerprint density at radius 3 is 2.52 bits per heavy atom. The van der Waals surface area contributed by atoms with Crippen LogP contribution in [-0.2, 0) is 4.74 Å². The monoisotopic (exact) mass is 395 g/mol. The van der Waals surface area contributed by atoms with Crippen LogP contribution in [0.2, 0.25) is 0 Å².